The van der Waals surface area contributed by atoms with Gasteiger partial charge < -0.3 is 9.84 Å². The van der Waals surface area contributed by atoms with Crippen LogP contribution in [0.3, 0.4) is 0 Å². The Morgan fingerprint density at radius 3 is 2.29 bits per heavy atom. The second-order valence-electron chi connectivity index (χ2n) is 5.13. The third kappa shape index (κ3) is 3.24. The number of phenolic OH excluding ortho intramolecular Hbond substituents is 1. The Kier molecular flexibility index (Phi) is 4.63. The molecule has 0 spiro atoms. The highest BCUT2D eigenvalue weighted by molar-refractivity contribution is 6.00. The first-order chi connectivity index (χ1) is 10.1. The summed E-state index contributed by atoms with van der Waals surface area (Å²) >= 11 is 0. The summed E-state index contributed by atoms with van der Waals surface area (Å²) in [5.74, 6) is 0.721. The molecule has 0 aliphatic heterocycles. The summed E-state index contributed by atoms with van der Waals surface area (Å²) in [4.78, 5) is 12.2. The average Bonchev–Trinajstić information content (AvgIpc) is 2.53. The first-order valence-corrected chi connectivity index (χ1v) is 7.08. The summed E-state index contributed by atoms with van der Waals surface area (Å²) < 4.78 is 5.12. The maximum Gasteiger partial charge on any atom is 0.169 e. The van der Waals surface area contributed by atoms with Crippen molar-refractivity contribution in [3.05, 3.63) is 48.0 Å². The van der Waals surface area contributed by atoms with Crippen LogP contribution < -0.4 is 4.74 Å². The lowest BCUT2D eigenvalue weighted by Gasteiger charge is -2.11. The van der Waals surface area contributed by atoms with Crippen molar-refractivity contribution in [2.75, 3.05) is 7.11 Å². The molecule has 0 unspecified atom stereocenters. The number of phenols is 1. The van der Waals surface area contributed by atoms with Crippen LogP contribution in [0.4, 0.5) is 0 Å². The van der Waals surface area contributed by atoms with Gasteiger partial charge in [0.05, 0.1) is 12.7 Å². The van der Waals surface area contributed by atoms with E-state index in [0.29, 0.717) is 5.56 Å². The van der Waals surface area contributed by atoms with Crippen LogP contribution in [0.2, 0.25) is 0 Å². The summed E-state index contributed by atoms with van der Waals surface area (Å²) in [6.07, 6.45) is 0.762. The van der Waals surface area contributed by atoms with Gasteiger partial charge in [-0.2, -0.15) is 0 Å². The van der Waals surface area contributed by atoms with Gasteiger partial charge in [0, 0.05) is 5.92 Å². The highest BCUT2D eigenvalue weighted by Crippen LogP contribution is 2.29. The number of benzene rings is 2. The molecule has 2 aromatic rings. The van der Waals surface area contributed by atoms with Gasteiger partial charge in [0.2, 0.25) is 0 Å². The molecule has 0 saturated carbocycles. The Morgan fingerprint density at radius 2 is 1.76 bits per heavy atom. The molecule has 0 aromatic heterocycles. The molecule has 0 fully saturated rings. The van der Waals surface area contributed by atoms with Gasteiger partial charge in [0.1, 0.15) is 11.5 Å². The number of hydrogen-bond acceptors (Lipinski definition) is 3. The molecule has 21 heavy (non-hydrogen) atoms. The van der Waals surface area contributed by atoms with Crippen molar-refractivity contribution in [1.82, 2.24) is 0 Å². The number of hydrogen-bond donors (Lipinski definition) is 1. The Morgan fingerprint density at radius 1 is 1.14 bits per heavy atom. The molecule has 0 heterocycles. The van der Waals surface area contributed by atoms with Crippen LogP contribution in [-0.2, 0) is 0 Å². The van der Waals surface area contributed by atoms with Crippen molar-refractivity contribution in [3.63, 3.8) is 0 Å². The van der Waals surface area contributed by atoms with E-state index < -0.39 is 0 Å². The van der Waals surface area contributed by atoms with Crippen molar-refractivity contribution in [3.8, 4) is 22.6 Å². The van der Waals surface area contributed by atoms with Gasteiger partial charge in [-0.05, 0) is 41.8 Å². The fourth-order valence-corrected chi connectivity index (χ4v) is 2.15. The summed E-state index contributed by atoms with van der Waals surface area (Å²) in [5, 5.41) is 10.1. The molecule has 1 atom stereocenters. The molecule has 3 nitrogen and oxygen atoms in total. The van der Waals surface area contributed by atoms with E-state index in [1.54, 1.807) is 19.2 Å². The van der Waals surface area contributed by atoms with E-state index in [0.717, 1.165) is 23.3 Å². The minimum atomic E-state index is -0.0808. The third-order valence-corrected chi connectivity index (χ3v) is 3.75. The molecule has 0 saturated heterocycles. The smallest absolute Gasteiger partial charge is 0.169 e. The minimum Gasteiger partial charge on any atom is -0.507 e. The van der Waals surface area contributed by atoms with Gasteiger partial charge in [-0.1, -0.05) is 32.0 Å². The zero-order valence-electron chi connectivity index (χ0n) is 12.6. The van der Waals surface area contributed by atoms with E-state index in [2.05, 4.69) is 0 Å². The average molecular weight is 284 g/mol. The number of aromatic hydroxyl groups is 1. The predicted molar refractivity (Wildman–Crippen MR) is 83.9 cm³/mol. The topological polar surface area (TPSA) is 46.5 Å². The van der Waals surface area contributed by atoms with E-state index in [9.17, 15) is 9.90 Å². The number of carbonyl (C=O) groups excluding carboxylic acids is 1. The standard InChI is InChI=1S/C18H20O3/c1-4-12(2)18(20)16-10-7-14(11-17(16)19)13-5-8-15(21-3)9-6-13/h5-12,19H,4H2,1-3H3/t12-/m0/s1. The number of methoxy groups -OCH3 is 1. The van der Waals surface area contributed by atoms with E-state index in [1.807, 2.05) is 44.2 Å². The van der Waals surface area contributed by atoms with Crippen LogP contribution in [0.25, 0.3) is 11.1 Å². The van der Waals surface area contributed by atoms with E-state index in [-0.39, 0.29) is 17.5 Å². The highest BCUT2D eigenvalue weighted by atomic mass is 16.5. The molecule has 0 radical (unpaired) electrons. The summed E-state index contributed by atoms with van der Waals surface area (Å²) in [7, 11) is 1.62. The molecule has 0 amide bonds. The van der Waals surface area contributed by atoms with Crippen LogP contribution in [0.1, 0.15) is 30.6 Å². The molecule has 0 aliphatic carbocycles. The number of ketones is 1. The first-order valence-electron chi connectivity index (χ1n) is 7.08. The fraction of sp³-hybridized carbons (Fsp3) is 0.278. The molecule has 0 bridgehead atoms. The van der Waals surface area contributed by atoms with Gasteiger partial charge in [0.25, 0.3) is 0 Å². The van der Waals surface area contributed by atoms with Gasteiger partial charge >= 0.3 is 0 Å². The van der Waals surface area contributed by atoms with Crippen LogP contribution in [-0.4, -0.2) is 18.0 Å². The van der Waals surface area contributed by atoms with Gasteiger partial charge in [-0.3, -0.25) is 4.79 Å². The number of Topliss-reactive ketones (excluding diaryl/α,β-unsaturated/α-hetero) is 1. The highest BCUT2D eigenvalue weighted by Gasteiger charge is 2.17. The summed E-state index contributed by atoms with van der Waals surface area (Å²) in [6, 6.07) is 12.8. The molecule has 1 N–H and O–H groups in total. The van der Waals surface area contributed by atoms with Gasteiger partial charge in [-0.25, -0.2) is 0 Å². The van der Waals surface area contributed by atoms with Crippen molar-refractivity contribution in [1.29, 1.82) is 0 Å². The minimum absolute atomic E-state index is 0.0173. The molecular formula is C18H20O3. The Hall–Kier alpha value is -2.29. The predicted octanol–water partition coefficient (Wildman–Crippen LogP) is 4.30. The van der Waals surface area contributed by atoms with Crippen molar-refractivity contribution in [2.24, 2.45) is 5.92 Å². The Bertz CT molecular complexity index is 629. The van der Waals surface area contributed by atoms with Gasteiger partial charge in [0.15, 0.2) is 5.78 Å². The quantitative estimate of drug-likeness (QED) is 0.833. The zero-order valence-corrected chi connectivity index (χ0v) is 12.6. The van der Waals surface area contributed by atoms with Crippen molar-refractivity contribution < 1.29 is 14.6 Å². The number of ether oxygens (including phenoxy) is 1. The molecule has 110 valence electrons. The molecule has 2 aromatic carbocycles. The number of carbonyl (C=O) groups is 1. The lowest BCUT2D eigenvalue weighted by Crippen LogP contribution is -2.10. The monoisotopic (exact) mass is 284 g/mol. The van der Waals surface area contributed by atoms with Gasteiger partial charge in [-0.15, -0.1) is 0 Å². The molecule has 3 heteroatoms. The normalized spacial score (nSPS) is 12.0. The number of rotatable bonds is 5. The van der Waals surface area contributed by atoms with Crippen LogP contribution in [0.15, 0.2) is 42.5 Å². The van der Waals surface area contributed by atoms with Crippen LogP contribution in [0, 0.1) is 5.92 Å². The zero-order chi connectivity index (χ0) is 15.4. The van der Waals surface area contributed by atoms with Crippen molar-refractivity contribution >= 4 is 5.78 Å². The maximum absolute atomic E-state index is 12.2. The second kappa shape index (κ2) is 6.44. The Labute approximate surface area is 125 Å². The fourth-order valence-electron chi connectivity index (χ4n) is 2.15. The second-order valence-corrected chi connectivity index (χ2v) is 5.13. The van der Waals surface area contributed by atoms with E-state index >= 15 is 0 Å². The summed E-state index contributed by atoms with van der Waals surface area (Å²) in [6.45, 7) is 3.84. The summed E-state index contributed by atoms with van der Waals surface area (Å²) in [5.41, 5.74) is 2.23. The van der Waals surface area contributed by atoms with Crippen LogP contribution in [0.5, 0.6) is 11.5 Å². The lowest BCUT2D eigenvalue weighted by molar-refractivity contribution is 0.0924. The third-order valence-electron chi connectivity index (χ3n) is 3.75. The maximum atomic E-state index is 12.2. The largest absolute Gasteiger partial charge is 0.507 e. The molecule has 2 rings (SSSR count). The first kappa shape index (κ1) is 15.1. The van der Waals surface area contributed by atoms with Crippen molar-refractivity contribution in [2.45, 2.75) is 20.3 Å². The van der Waals surface area contributed by atoms with E-state index in [4.69, 9.17) is 4.74 Å². The molecular weight excluding hydrogens is 264 g/mol. The Balaban J connectivity index is 2.31. The van der Waals surface area contributed by atoms with E-state index in [1.165, 1.54) is 0 Å². The lowest BCUT2D eigenvalue weighted by atomic mass is 9.94. The SMILES string of the molecule is CC[C@H](C)C(=O)c1ccc(-c2ccc(OC)cc2)cc1O. The van der Waals surface area contributed by atoms with Crippen LogP contribution >= 0.6 is 0 Å². The molecule has 0 aliphatic rings.